The lowest BCUT2D eigenvalue weighted by atomic mass is 9.68. The molecule has 0 amide bonds. The fourth-order valence-corrected chi connectivity index (χ4v) is 4.53. The highest BCUT2D eigenvalue weighted by Gasteiger charge is 2.50. The fourth-order valence-electron chi connectivity index (χ4n) is 2.92. The Hall–Kier alpha value is -0.0900. The van der Waals surface area contributed by atoms with Crippen LogP contribution in [0.15, 0.2) is 0 Å². The summed E-state index contributed by atoms with van der Waals surface area (Å²) in [7, 11) is -2.72. The summed E-state index contributed by atoms with van der Waals surface area (Å²) in [6, 6.07) is 0. The molecule has 2 aliphatic heterocycles. The van der Waals surface area contributed by atoms with Crippen LogP contribution in [0.3, 0.4) is 0 Å². The molecule has 82 valence electrons. The lowest BCUT2D eigenvalue weighted by Crippen LogP contribution is -2.50. The minimum absolute atomic E-state index is 0.114. The first-order valence-electron chi connectivity index (χ1n) is 5.32. The van der Waals surface area contributed by atoms with Crippen LogP contribution in [0.25, 0.3) is 0 Å². The molecule has 0 bridgehead atoms. The molecule has 1 N–H and O–H groups in total. The van der Waals surface area contributed by atoms with Crippen molar-refractivity contribution in [2.75, 3.05) is 18.1 Å². The van der Waals surface area contributed by atoms with Gasteiger partial charge < -0.3 is 5.32 Å². The van der Waals surface area contributed by atoms with Crippen LogP contribution in [0.4, 0.5) is 0 Å². The number of hydrogen-bond donors (Lipinski definition) is 1. The summed E-state index contributed by atoms with van der Waals surface area (Å²) in [6.07, 6.45) is 2.82. The molecule has 0 atom stereocenters. The average molecular weight is 217 g/mol. The second-order valence-corrected chi connectivity index (χ2v) is 7.54. The van der Waals surface area contributed by atoms with Crippen molar-refractivity contribution in [3.05, 3.63) is 0 Å². The van der Waals surface area contributed by atoms with Crippen LogP contribution < -0.4 is 5.32 Å². The Labute approximate surface area is 86.2 Å². The van der Waals surface area contributed by atoms with Gasteiger partial charge in [0.2, 0.25) is 0 Å². The quantitative estimate of drug-likeness (QED) is 0.657. The normalized spacial score (nSPS) is 33.3. The molecule has 0 aromatic rings. The van der Waals surface area contributed by atoms with Crippen molar-refractivity contribution < 1.29 is 8.42 Å². The Morgan fingerprint density at radius 1 is 1.07 bits per heavy atom. The van der Waals surface area contributed by atoms with E-state index in [0.29, 0.717) is 11.5 Å². The third kappa shape index (κ3) is 1.48. The van der Waals surface area contributed by atoms with Crippen LogP contribution in [-0.4, -0.2) is 32.0 Å². The Morgan fingerprint density at radius 2 is 1.64 bits per heavy atom. The lowest BCUT2D eigenvalue weighted by molar-refractivity contribution is 0.152. The van der Waals surface area contributed by atoms with Crippen LogP contribution in [-0.2, 0) is 9.84 Å². The predicted octanol–water partition coefficient (Wildman–Crippen LogP) is 0.953. The number of rotatable bonds is 0. The SMILES string of the molecule is CC1(C)NCCC12CCS(=O)(=O)CC2. The van der Waals surface area contributed by atoms with Crippen LogP contribution in [0.5, 0.6) is 0 Å². The van der Waals surface area contributed by atoms with Gasteiger partial charge in [0.1, 0.15) is 9.84 Å². The van der Waals surface area contributed by atoms with Gasteiger partial charge in [-0.2, -0.15) is 0 Å². The molecule has 2 heterocycles. The molecule has 2 rings (SSSR count). The summed E-state index contributed by atoms with van der Waals surface area (Å²) in [6.45, 7) is 5.45. The molecule has 2 aliphatic rings. The van der Waals surface area contributed by atoms with Crippen molar-refractivity contribution in [3.63, 3.8) is 0 Å². The standard InChI is InChI=1S/C10H19NO2S/c1-9(2)10(3-6-11-9)4-7-14(12,13)8-5-10/h11H,3-8H2,1-2H3. The Bertz CT molecular complexity index is 318. The predicted molar refractivity (Wildman–Crippen MR) is 57.0 cm³/mol. The second-order valence-electron chi connectivity index (χ2n) is 5.23. The highest BCUT2D eigenvalue weighted by Crippen LogP contribution is 2.47. The van der Waals surface area contributed by atoms with Gasteiger partial charge in [-0.3, -0.25) is 0 Å². The molecule has 0 unspecified atom stereocenters. The first-order chi connectivity index (χ1) is 6.37. The minimum atomic E-state index is -2.72. The summed E-state index contributed by atoms with van der Waals surface area (Å²) >= 11 is 0. The van der Waals surface area contributed by atoms with E-state index in [4.69, 9.17) is 0 Å². The summed E-state index contributed by atoms with van der Waals surface area (Å²) in [5, 5.41) is 3.49. The third-order valence-electron chi connectivity index (χ3n) is 4.28. The topological polar surface area (TPSA) is 46.2 Å². The zero-order valence-electron chi connectivity index (χ0n) is 8.97. The molecule has 3 nitrogen and oxygen atoms in total. The molecular formula is C10H19NO2S. The first kappa shape index (κ1) is 10.4. The van der Waals surface area contributed by atoms with E-state index in [9.17, 15) is 8.42 Å². The first-order valence-corrected chi connectivity index (χ1v) is 7.15. The van der Waals surface area contributed by atoms with E-state index in [1.54, 1.807) is 0 Å². The van der Waals surface area contributed by atoms with Crippen molar-refractivity contribution in [1.29, 1.82) is 0 Å². The molecule has 14 heavy (non-hydrogen) atoms. The molecule has 0 aliphatic carbocycles. The van der Waals surface area contributed by atoms with Crippen molar-refractivity contribution in [1.82, 2.24) is 5.32 Å². The monoisotopic (exact) mass is 217 g/mol. The minimum Gasteiger partial charge on any atom is -0.311 e. The van der Waals surface area contributed by atoms with E-state index < -0.39 is 9.84 Å². The summed E-state index contributed by atoms with van der Waals surface area (Å²) in [5.74, 6) is 0.774. The van der Waals surface area contributed by atoms with Crippen LogP contribution in [0.1, 0.15) is 33.1 Å². The molecule has 4 heteroatoms. The smallest absolute Gasteiger partial charge is 0.150 e. The zero-order valence-corrected chi connectivity index (χ0v) is 9.78. The molecular weight excluding hydrogens is 198 g/mol. The van der Waals surface area contributed by atoms with E-state index in [0.717, 1.165) is 25.8 Å². The summed E-state index contributed by atoms with van der Waals surface area (Å²) < 4.78 is 22.8. The zero-order chi connectivity index (χ0) is 10.4. The molecule has 2 saturated heterocycles. The highest BCUT2D eigenvalue weighted by molar-refractivity contribution is 7.91. The van der Waals surface area contributed by atoms with Crippen molar-refractivity contribution >= 4 is 9.84 Å². The van der Waals surface area contributed by atoms with Gasteiger partial charge >= 0.3 is 0 Å². The maximum atomic E-state index is 11.4. The van der Waals surface area contributed by atoms with Gasteiger partial charge in [-0.05, 0) is 45.1 Å². The highest BCUT2D eigenvalue weighted by atomic mass is 32.2. The molecule has 0 saturated carbocycles. The summed E-state index contributed by atoms with van der Waals surface area (Å²) in [5.41, 5.74) is 0.348. The maximum absolute atomic E-state index is 11.4. The van der Waals surface area contributed by atoms with Gasteiger partial charge in [-0.1, -0.05) is 0 Å². The molecule has 2 fully saturated rings. The third-order valence-corrected chi connectivity index (χ3v) is 5.93. The Kier molecular flexibility index (Phi) is 2.20. The Morgan fingerprint density at radius 3 is 2.07 bits per heavy atom. The average Bonchev–Trinajstić information content (AvgIpc) is 2.35. The van der Waals surface area contributed by atoms with Crippen LogP contribution >= 0.6 is 0 Å². The lowest BCUT2D eigenvalue weighted by Gasteiger charge is -2.43. The van der Waals surface area contributed by atoms with E-state index in [1.807, 2.05) is 0 Å². The van der Waals surface area contributed by atoms with Crippen LogP contribution in [0, 0.1) is 5.41 Å². The summed E-state index contributed by atoms with van der Waals surface area (Å²) in [4.78, 5) is 0. The second kappa shape index (κ2) is 2.95. The molecule has 0 aromatic heterocycles. The fraction of sp³-hybridized carbons (Fsp3) is 1.00. The van der Waals surface area contributed by atoms with E-state index >= 15 is 0 Å². The van der Waals surface area contributed by atoms with Crippen molar-refractivity contribution in [2.45, 2.75) is 38.6 Å². The molecule has 1 spiro atoms. The van der Waals surface area contributed by atoms with Gasteiger partial charge in [0.05, 0.1) is 11.5 Å². The van der Waals surface area contributed by atoms with Crippen LogP contribution in [0.2, 0.25) is 0 Å². The van der Waals surface area contributed by atoms with E-state index in [-0.39, 0.29) is 11.0 Å². The van der Waals surface area contributed by atoms with Crippen molar-refractivity contribution in [3.8, 4) is 0 Å². The number of hydrogen-bond acceptors (Lipinski definition) is 3. The number of sulfone groups is 1. The van der Waals surface area contributed by atoms with E-state index in [2.05, 4.69) is 19.2 Å². The molecule has 0 aromatic carbocycles. The van der Waals surface area contributed by atoms with Crippen molar-refractivity contribution in [2.24, 2.45) is 5.41 Å². The van der Waals surface area contributed by atoms with Gasteiger partial charge in [-0.25, -0.2) is 8.42 Å². The van der Waals surface area contributed by atoms with E-state index in [1.165, 1.54) is 0 Å². The molecule has 0 radical (unpaired) electrons. The largest absolute Gasteiger partial charge is 0.311 e. The Balaban J connectivity index is 2.20. The number of nitrogens with one attached hydrogen (secondary N) is 1. The van der Waals surface area contributed by atoms with Gasteiger partial charge in [0.15, 0.2) is 0 Å². The van der Waals surface area contributed by atoms with Gasteiger partial charge in [0.25, 0.3) is 0 Å². The maximum Gasteiger partial charge on any atom is 0.150 e. The van der Waals surface area contributed by atoms with Gasteiger partial charge in [-0.15, -0.1) is 0 Å². The van der Waals surface area contributed by atoms with Gasteiger partial charge in [0, 0.05) is 5.54 Å².